The summed E-state index contributed by atoms with van der Waals surface area (Å²) in [6.07, 6.45) is 0. The summed E-state index contributed by atoms with van der Waals surface area (Å²) in [7, 11) is 1.62. The summed E-state index contributed by atoms with van der Waals surface area (Å²) < 4.78 is 5.24. The van der Waals surface area contributed by atoms with Crippen LogP contribution in [-0.2, 0) is 0 Å². The third kappa shape index (κ3) is 3.30. The van der Waals surface area contributed by atoms with Gasteiger partial charge in [-0.2, -0.15) is 0 Å². The lowest BCUT2D eigenvalue weighted by Gasteiger charge is -2.12. The second kappa shape index (κ2) is 7.01. The number of methoxy groups -OCH3 is 1. The van der Waals surface area contributed by atoms with E-state index in [-0.39, 0.29) is 5.91 Å². The molecule has 1 amide bonds. The molecular weight excluding hydrogens is 298 g/mol. The Kier molecular flexibility index (Phi) is 4.62. The van der Waals surface area contributed by atoms with Gasteiger partial charge in [-0.25, -0.2) is 0 Å². The lowest BCUT2D eigenvalue weighted by molar-refractivity contribution is 0.102. The summed E-state index contributed by atoms with van der Waals surface area (Å²) in [5, 5.41) is 3.01. The molecule has 0 heterocycles. The van der Waals surface area contributed by atoms with Gasteiger partial charge in [-0.05, 0) is 42.3 Å². The molecule has 0 unspecified atom stereocenters. The second-order valence-corrected chi connectivity index (χ2v) is 5.55. The Hall–Kier alpha value is -3.07. The standard InChI is InChI=1S/C21H19NO2/c1-15-14-17(12-13-20(15)24-2)21(23)22-19-11-7-6-10-18(19)16-8-4-3-5-9-16/h3-14H,1-2H3,(H,22,23). The first kappa shape index (κ1) is 15.8. The number of ether oxygens (including phenoxy) is 1. The zero-order valence-electron chi connectivity index (χ0n) is 13.7. The lowest BCUT2D eigenvalue weighted by Crippen LogP contribution is -2.12. The number of benzene rings is 3. The van der Waals surface area contributed by atoms with Gasteiger partial charge in [0.05, 0.1) is 7.11 Å². The molecule has 3 aromatic carbocycles. The van der Waals surface area contributed by atoms with Crippen molar-refractivity contribution in [2.75, 3.05) is 12.4 Å². The lowest BCUT2D eigenvalue weighted by atomic mass is 10.0. The molecule has 24 heavy (non-hydrogen) atoms. The van der Waals surface area contributed by atoms with E-state index in [9.17, 15) is 4.79 Å². The van der Waals surface area contributed by atoms with E-state index in [1.54, 1.807) is 13.2 Å². The number of hydrogen-bond donors (Lipinski definition) is 1. The van der Waals surface area contributed by atoms with Crippen molar-refractivity contribution in [2.45, 2.75) is 6.92 Å². The summed E-state index contributed by atoms with van der Waals surface area (Å²) in [5.74, 6) is 0.639. The molecule has 0 aliphatic heterocycles. The largest absolute Gasteiger partial charge is 0.496 e. The van der Waals surface area contributed by atoms with Gasteiger partial charge in [-0.1, -0.05) is 48.5 Å². The maximum Gasteiger partial charge on any atom is 0.255 e. The average molecular weight is 317 g/mol. The molecule has 0 aliphatic rings. The van der Waals surface area contributed by atoms with E-state index in [1.807, 2.05) is 73.7 Å². The second-order valence-electron chi connectivity index (χ2n) is 5.55. The highest BCUT2D eigenvalue weighted by molar-refractivity contribution is 6.06. The van der Waals surface area contributed by atoms with Crippen LogP contribution in [0, 0.1) is 6.92 Å². The fourth-order valence-electron chi connectivity index (χ4n) is 2.68. The van der Waals surface area contributed by atoms with Crippen LogP contribution in [0.5, 0.6) is 5.75 Å². The van der Waals surface area contributed by atoms with E-state index in [0.29, 0.717) is 5.56 Å². The molecule has 0 radical (unpaired) electrons. The van der Waals surface area contributed by atoms with E-state index in [1.165, 1.54) is 0 Å². The van der Waals surface area contributed by atoms with Crippen molar-refractivity contribution in [1.82, 2.24) is 0 Å². The molecular formula is C21H19NO2. The van der Waals surface area contributed by atoms with Crippen molar-refractivity contribution in [1.29, 1.82) is 0 Å². The van der Waals surface area contributed by atoms with Crippen molar-refractivity contribution in [3.05, 3.63) is 83.9 Å². The quantitative estimate of drug-likeness (QED) is 0.741. The van der Waals surface area contributed by atoms with Crippen molar-refractivity contribution < 1.29 is 9.53 Å². The first-order valence-electron chi connectivity index (χ1n) is 7.79. The summed E-state index contributed by atoms with van der Waals surface area (Å²) in [4.78, 5) is 12.6. The van der Waals surface area contributed by atoms with Crippen LogP contribution in [0.2, 0.25) is 0 Å². The van der Waals surface area contributed by atoms with E-state index >= 15 is 0 Å². The predicted molar refractivity (Wildman–Crippen MR) is 97.6 cm³/mol. The molecule has 0 fully saturated rings. The Morgan fingerprint density at radius 2 is 1.62 bits per heavy atom. The maximum absolute atomic E-state index is 12.6. The van der Waals surface area contributed by atoms with Crippen LogP contribution in [0.1, 0.15) is 15.9 Å². The Labute approximate surface area is 141 Å². The van der Waals surface area contributed by atoms with Gasteiger partial charge in [0.1, 0.15) is 5.75 Å². The summed E-state index contributed by atoms with van der Waals surface area (Å²) in [6.45, 7) is 1.92. The molecule has 120 valence electrons. The Morgan fingerprint density at radius 3 is 2.33 bits per heavy atom. The van der Waals surface area contributed by atoms with Crippen LogP contribution in [0.25, 0.3) is 11.1 Å². The molecule has 0 atom stereocenters. The summed E-state index contributed by atoms with van der Waals surface area (Å²) in [5.41, 5.74) is 4.40. The van der Waals surface area contributed by atoms with Gasteiger partial charge in [0.25, 0.3) is 5.91 Å². The molecule has 1 N–H and O–H groups in total. The first-order chi connectivity index (χ1) is 11.7. The number of rotatable bonds is 4. The van der Waals surface area contributed by atoms with Gasteiger partial charge >= 0.3 is 0 Å². The van der Waals surface area contributed by atoms with Crippen LogP contribution in [0.15, 0.2) is 72.8 Å². The highest BCUT2D eigenvalue weighted by Gasteiger charge is 2.11. The van der Waals surface area contributed by atoms with Gasteiger partial charge in [0.15, 0.2) is 0 Å². The summed E-state index contributed by atoms with van der Waals surface area (Å²) in [6, 6.07) is 23.2. The fraction of sp³-hybridized carbons (Fsp3) is 0.0952. The van der Waals surface area contributed by atoms with Crippen LogP contribution in [0.4, 0.5) is 5.69 Å². The number of nitrogens with one attached hydrogen (secondary N) is 1. The van der Waals surface area contributed by atoms with Crippen molar-refractivity contribution >= 4 is 11.6 Å². The molecule has 0 saturated heterocycles. The molecule has 3 heteroatoms. The molecule has 3 aromatic rings. The van der Waals surface area contributed by atoms with Gasteiger partial charge in [0.2, 0.25) is 0 Å². The minimum absolute atomic E-state index is 0.135. The number of carbonyl (C=O) groups is 1. The monoisotopic (exact) mass is 317 g/mol. The Bertz CT molecular complexity index is 857. The number of amides is 1. The SMILES string of the molecule is COc1ccc(C(=O)Nc2ccccc2-c2ccccc2)cc1C. The van der Waals surface area contributed by atoms with Crippen LogP contribution >= 0.6 is 0 Å². The molecule has 3 nitrogen and oxygen atoms in total. The van der Waals surface area contributed by atoms with Crippen LogP contribution in [0.3, 0.4) is 0 Å². The van der Waals surface area contributed by atoms with Crippen LogP contribution < -0.4 is 10.1 Å². The predicted octanol–water partition coefficient (Wildman–Crippen LogP) is 4.92. The minimum Gasteiger partial charge on any atom is -0.496 e. The van der Waals surface area contributed by atoms with E-state index in [2.05, 4.69) is 5.32 Å². The van der Waals surface area contributed by atoms with E-state index in [4.69, 9.17) is 4.74 Å². The van der Waals surface area contributed by atoms with Gasteiger partial charge in [0, 0.05) is 16.8 Å². The number of hydrogen-bond acceptors (Lipinski definition) is 2. The molecule has 3 rings (SSSR count). The maximum atomic E-state index is 12.6. The fourth-order valence-corrected chi connectivity index (χ4v) is 2.68. The number of para-hydroxylation sites is 1. The van der Waals surface area contributed by atoms with Crippen molar-refractivity contribution in [3.8, 4) is 16.9 Å². The zero-order valence-corrected chi connectivity index (χ0v) is 13.7. The molecule has 0 aromatic heterocycles. The minimum atomic E-state index is -0.135. The molecule has 0 spiro atoms. The highest BCUT2D eigenvalue weighted by Crippen LogP contribution is 2.28. The normalized spacial score (nSPS) is 10.2. The average Bonchev–Trinajstić information content (AvgIpc) is 2.63. The first-order valence-corrected chi connectivity index (χ1v) is 7.79. The number of carbonyl (C=O) groups excluding carboxylic acids is 1. The Morgan fingerprint density at radius 1 is 0.917 bits per heavy atom. The third-order valence-electron chi connectivity index (χ3n) is 3.92. The van der Waals surface area contributed by atoms with Crippen molar-refractivity contribution in [2.24, 2.45) is 0 Å². The topological polar surface area (TPSA) is 38.3 Å². The van der Waals surface area contributed by atoms with Gasteiger partial charge in [-0.15, -0.1) is 0 Å². The smallest absolute Gasteiger partial charge is 0.255 e. The summed E-state index contributed by atoms with van der Waals surface area (Å²) >= 11 is 0. The highest BCUT2D eigenvalue weighted by atomic mass is 16.5. The number of anilines is 1. The molecule has 0 bridgehead atoms. The zero-order chi connectivity index (χ0) is 16.9. The van der Waals surface area contributed by atoms with E-state index < -0.39 is 0 Å². The molecule has 0 aliphatic carbocycles. The van der Waals surface area contributed by atoms with Gasteiger partial charge < -0.3 is 10.1 Å². The van der Waals surface area contributed by atoms with Crippen molar-refractivity contribution in [3.63, 3.8) is 0 Å². The van der Waals surface area contributed by atoms with Gasteiger partial charge in [-0.3, -0.25) is 4.79 Å². The number of aryl methyl sites for hydroxylation is 1. The third-order valence-corrected chi connectivity index (χ3v) is 3.92. The Balaban J connectivity index is 1.89. The molecule has 0 saturated carbocycles. The van der Waals surface area contributed by atoms with E-state index in [0.717, 1.165) is 28.1 Å². The van der Waals surface area contributed by atoms with Crippen LogP contribution in [-0.4, -0.2) is 13.0 Å².